The van der Waals surface area contributed by atoms with Gasteiger partial charge in [-0.05, 0) is 47.6 Å². The van der Waals surface area contributed by atoms with E-state index in [0.717, 1.165) is 0 Å². The third-order valence-electron chi connectivity index (χ3n) is 10.2. The van der Waals surface area contributed by atoms with Crippen LogP contribution in [0.25, 0.3) is 10.8 Å². The molecular formula is C44H76. The second-order valence-electron chi connectivity index (χ2n) is 14.3. The minimum absolute atomic E-state index is 1.27. The highest BCUT2D eigenvalue weighted by Crippen LogP contribution is 2.27. The smallest absolute Gasteiger partial charge is 0.0149 e. The molecule has 0 radical (unpaired) electrons. The second-order valence-corrected chi connectivity index (χ2v) is 14.3. The van der Waals surface area contributed by atoms with Gasteiger partial charge in [-0.25, -0.2) is 0 Å². The fraction of sp³-hybridized carbons (Fsp3) is 0.773. The zero-order valence-electron chi connectivity index (χ0n) is 30.1. The van der Waals surface area contributed by atoms with Gasteiger partial charge in [0.15, 0.2) is 0 Å². The molecule has 0 heterocycles. The minimum Gasteiger partial charge on any atom is -0.0654 e. The van der Waals surface area contributed by atoms with Gasteiger partial charge in [0.1, 0.15) is 0 Å². The molecule has 0 aliphatic heterocycles. The zero-order valence-corrected chi connectivity index (χ0v) is 30.1. The van der Waals surface area contributed by atoms with Crippen LogP contribution in [-0.2, 0) is 12.8 Å². The third-order valence-corrected chi connectivity index (χ3v) is 10.2. The van der Waals surface area contributed by atoms with E-state index in [0.29, 0.717) is 0 Å². The zero-order chi connectivity index (χ0) is 31.2. The summed E-state index contributed by atoms with van der Waals surface area (Å²) in [6, 6.07) is 14.0. The number of aryl methyl sites for hydroxylation is 2. The molecule has 0 aromatic heterocycles. The molecule has 2 rings (SSSR count). The van der Waals surface area contributed by atoms with Crippen LogP contribution < -0.4 is 0 Å². The summed E-state index contributed by atoms with van der Waals surface area (Å²) in [4.78, 5) is 0. The first-order valence-corrected chi connectivity index (χ1v) is 20.4. The summed E-state index contributed by atoms with van der Waals surface area (Å²) in [5.74, 6) is 0. The highest BCUT2D eigenvalue weighted by atomic mass is 14.1. The summed E-state index contributed by atoms with van der Waals surface area (Å²) >= 11 is 0. The molecule has 44 heavy (non-hydrogen) atoms. The monoisotopic (exact) mass is 605 g/mol. The van der Waals surface area contributed by atoms with Gasteiger partial charge < -0.3 is 0 Å². The van der Waals surface area contributed by atoms with Crippen molar-refractivity contribution in [3.63, 3.8) is 0 Å². The largest absolute Gasteiger partial charge is 0.0654 e. The van der Waals surface area contributed by atoms with E-state index < -0.39 is 0 Å². The van der Waals surface area contributed by atoms with Crippen LogP contribution in [0.3, 0.4) is 0 Å². The van der Waals surface area contributed by atoms with Gasteiger partial charge >= 0.3 is 0 Å². The highest BCUT2D eigenvalue weighted by Gasteiger charge is 2.08. The lowest BCUT2D eigenvalue weighted by molar-refractivity contribution is 0.529. The van der Waals surface area contributed by atoms with Crippen LogP contribution in [0.15, 0.2) is 36.4 Å². The van der Waals surface area contributed by atoms with Gasteiger partial charge in [0.05, 0.1) is 0 Å². The number of fused-ring (bicyclic) bond motifs is 1. The summed E-state index contributed by atoms with van der Waals surface area (Å²) in [6.07, 6.45) is 45.8. The number of hydrogen-bond donors (Lipinski definition) is 0. The van der Waals surface area contributed by atoms with Crippen molar-refractivity contribution in [1.82, 2.24) is 0 Å². The molecule has 0 atom stereocenters. The average Bonchev–Trinajstić information content (AvgIpc) is 3.05. The molecule has 252 valence electrons. The molecule has 2 aromatic carbocycles. The molecule has 0 unspecified atom stereocenters. The first-order valence-electron chi connectivity index (χ1n) is 20.4. The standard InChI is InChI=1S/C44H76/c1-3-5-7-9-11-13-15-17-19-20-22-24-26-28-30-32-37-43-41(39-40-42-36-33-34-38-44(42)43)35-31-29-27-25-23-21-18-16-14-12-10-8-6-4-2/h33-34,36,38-40H,3-32,35,37H2,1-2H3. The van der Waals surface area contributed by atoms with Gasteiger partial charge in [0, 0.05) is 0 Å². The van der Waals surface area contributed by atoms with E-state index in [1.54, 1.807) is 11.1 Å². The maximum atomic E-state index is 2.46. The van der Waals surface area contributed by atoms with Crippen molar-refractivity contribution < 1.29 is 0 Å². The maximum Gasteiger partial charge on any atom is -0.0149 e. The third kappa shape index (κ3) is 20.0. The lowest BCUT2D eigenvalue weighted by Gasteiger charge is -2.14. The predicted octanol–water partition coefficient (Wildman–Crippen LogP) is 15.7. The van der Waals surface area contributed by atoms with Crippen LogP contribution in [0.2, 0.25) is 0 Å². The Morgan fingerprint density at radius 2 is 0.659 bits per heavy atom. The van der Waals surface area contributed by atoms with Crippen molar-refractivity contribution in [3.8, 4) is 0 Å². The van der Waals surface area contributed by atoms with E-state index >= 15 is 0 Å². The van der Waals surface area contributed by atoms with Crippen LogP contribution in [0.5, 0.6) is 0 Å². The lowest BCUT2D eigenvalue weighted by Crippen LogP contribution is -1.97. The Morgan fingerprint density at radius 3 is 1.07 bits per heavy atom. The molecule has 0 saturated carbocycles. The van der Waals surface area contributed by atoms with E-state index in [1.807, 2.05) is 0 Å². The molecular weight excluding hydrogens is 528 g/mol. The molecule has 2 aromatic rings. The molecule has 0 aliphatic rings. The van der Waals surface area contributed by atoms with Gasteiger partial charge in [0.25, 0.3) is 0 Å². The van der Waals surface area contributed by atoms with Crippen LogP contribution in [-0.4, -0.2) is 0 Å². The average molecular weight is 605 g/mol. The summed E-state index contributed by atoms with van der Waals surface area (Å²) in [7, 11) is 0. The number of benzene rings is 2. The SMILES string of the molecule is CCCCCCCCCCCCCCCCCCc1c(CCCCCCCCCCCCCCCC)ccc2ccccc12. The van der Waals surface area contributed by atoms with Gasteiger partial charge in [0.2, 0.25) is 0 Å². The lowest BCUT2D eigenvalue weighted by atomic mass is 9.91. The normalized spacial score (nSPS) is 11.6. The van der Waals surface area contributed by atoms with Crippen molar-refractivity contribution in [3.05, 3.63) is 47.5 Å². The van der Waals surface area contributed by atoms with Crippen molar-refractivity contribution >= 4 is 10.8 Å². The Hall–Kier alpha value is -1.30. The van der Waals surface area contributed by atoms with E-state index in [-0.39, 0.29) is 0 Å². The molecule has 0 bridgehead atoms. The fourth-order valence-corrected chi connectivity index (χ4v) is 7.27. The number of hydrogen-bond acceptors (Lipinski definition) is 0. The van der Waals surface area contributed by atoms with Crippen LogP contribution in [0.4, 0.5) is 0 Å². The molecule has 0 amide bonds. The molecule has 0 N–H and O–H groups in total. The van der Waals surface area contributed by atoms with Crippen molar-refractivity contribution in [2.75, 3.05) is 0 Å². The summed E-state index contributed by atoms with van der Waals surface area (Å²) in [5.41, 5.74) is 3.31. The Morgan fingerprint density at radius 1 is 0.318 bits per heavy atom. The molecule has 0 saturated heterocycles. The summed E-state index contributed by atoms with van der Waals surface area (Å²) < 4.78 is 0. The minimum atomic E-state index is 1.27. The van der Waals surface area contributed by atoms with Gasteiger partial charge in [-0.1, -0.05) is 230 Å². The van der Waals surface area contributed by atoms with E-state index in [1.165, 1.54) is 216 Å². The van der Waals surface area contributed by atoms with E-state index in [4.69, 9.17) is 0 Å². The van der Waals surface area contributed by atoms with E-state index in [2.05, 4.69) is 50.2 Å². The second kappa shape index (κ2) is 29.1. The van der Waals surface area contributed by atoms with Gasteiger partial charge in [-0.3, -0.25) is 0 Å². The summed E-state index contributed by atoms with van der Waals surface area (Å²) in [6.45, 7) is 4.62. The quantitative estimate of drug-likeness (QED) is 0.0729. The molecule has 0 aliphatic carbocycles. The highest BCUT2D eigenvalue weighted by molar-refractivity contribution is 5.86. The van der Waals surface area contributed by atoms with Gasteiger partial charge in [-0.2, -0.15) is 0 Å². The molecule has 0 heteroatoms. The Kier molecular flexibility index (Phi) is 25.7. The van der Waals surface area contributed by atoms with E-state index in [9.17, 15) is 0 Å². The Labute approximate surface area is 277 Å². The van der Waals surface area contributed by atoms with Crippen molar-refractivity contribution in [1.29, 1.82) is 0 Å². The molecule has 0 nitrogen and oxygen atoms in total. The Bertz CT molecular complexity index is 879. The van der Waals surface area contributed by atoms with Crippen molar-refractivity contribution in [2.45, 2.75) is 219 Å². The van der Waals surface area contributed by atoms with Crippen LogP contribution in [0.1, 0.15) is 218 Å². The van der Waals surface area contributed by atoms with Crippen LogP contribution in [0, 0.1) is 0 Å². The predicted molar refractivity (Wildman–Crippen MR) is 201 cm³/mol. The summed E-state index contributed by atoms with van der Waals surface area (Å²) in [5, 5.41) is 2.96. The number of rotatable bonds is 32. The maximum absolute atomic E-state index is 2.46. The first kappa shape index (κ1) is 38.9. The Balaban J connectivity index is 1.52. The van der Waals surface area contributed by atoms with Crippen LogP contribution >= 0.6 is 0 Å². The first-order chi connectivity index (χ1) is 21.9. The molecule has 0 spiro atoms. The van der Waals surface area contributed by atoms with Crippen molar-refractivity contribution in [2.24, 2.45) is 0 Å². The fourth-order valence-electron chi connectivity index (χ4n) is 7.27. The molecule has 0 fully saturated rings. The topological polar surface area (TPSA) is 0 Å². The number of unbranched alkanes of at least 4 members (excludes halogenated alkanes) is 28. The van der Waals surface area contributed by atoms with Gasteiger partial charge in [-0.15, -0.1) is 0 Å².